The molecule has 1 heterocycles. The Hall–Kier alpha value is -3.51. The van der Waals surface area contributed by atoms with Crippen LogP contribution in [0.1, 0.15) is 45.7 Å². The summed E-state index contributed by atoms with van der Waals surface area (Å²) in [6.07, 6.45) is 3.73. The molecule has 1 aliphatic heterocycles. The number of Topliss-reactive ketones (excluding diaryl/α,β-unsaturated/α-hetero) is 1. The number of likely N-dealkylation sites (tertiary alicyclic amines) is 1. The van der Waals surface area contributed by atoms with Crippen LogP contribution in [0.15, 0.2) is 59.7 Å². The molecular formula is C26H27NO5. The molecule has 0 N–H and O–H groups in total. The molecular weight excluding hydrogens is 406 g/mol. The summed E-state index contributed by atoms with van der Waals surface area (Å²) in [4.78, 5) is 38.8. The van der Waals surface area contributed by atoms with E-state index < -0.39 is 11.9 Å². The average molecular weight is 434 g/mol. The molecule has 0 aliphatic carbocycles. The molecule has 0 aromatic heterocycles. The number of hydrogen-bond donors (Lipinski definition) is 0. The molecule has 2 aromatic carbocycles. The number of benzene rings is 2. The summed E-state index contributed by atoms with van der Waals surface area (Å²) < 4.78 is 9.47. The van der Waals surface area contributed by atoms with Crippen molar-refractivity contribution in [1.29, 1.82) is 0 Å². The van der Waals surface area contributed by atoms with Gasteiger partial charge in [-0.25, -0.2) is 9.59 Å². The predicted octanol–water partition coefficient (Wildman–Crippen LogP) is 4.02. The molecule has 0 spiro atoms. The van der Waals surface area contributed by atoms with Gasteiger partial charge < -0.3 is 9.47 Å². The average Bonchev–Trinajstić information content (AvgIpc) is 2.81. The van der Waals surface area contributed by atoms with Gasteiger partial charge in [0.2, 0.25) is 0 Å². The first-order valence-corrected chi connectivity index (χ1v) is 10.4. The Balaban J connectivity index is 1.90. The van der Waals surface area contributed by atoms with E-state index in [4.69, 9.17) is 9.47 Å². The first-order valence-electron chi connectivity index (χ1n) is 10.4. The van der Waals surface area contributed by atoms with Crippen LogP contribution in [0.4, 0.5) is 0 Å². The Morgan fingerprint density at radius 2 is 1.16 bits per heavy atom. The quantitative estimate of drug-likeness (QED) is 0.524. The number of methoxy groups -OCH3 is 2. The van der Waals surface area contributed by atoms with Gasteiger partial charge in [0.05, 0.1) is 25.3 Å². The van der Waals surface area contributed by atoms with Crippen molar-refractivity contribution in [3.05, 3.63) is 81.9 Å². The lowest BCUT2D eigenvalue weighted by atomic mass is 9.93. The maximum absolute atomic E-state index is 13.2. The van der Waals surface area contributed by atoms with E-state index in [-0.39, 0.29) is 11.8 Å². The van der Waals surface area contributed by atoms with Crippen LogP contribution in [0.2, 0.25) is 0 Å². The maximum Gasteiger partial charge on any atom is 0.337 e. The molecule has 0 amide bonds. The molecule has 2 aromatic rings. The van der Waals surface area contributed by atoms with Crippen LogP contribution < -0.4 is 0 Å². The lowest BCUT2D eigenvalue weighted by Crippen LogP contribution is -2.41. The van der Waals surface area contributed by atoms with Crippen LogP contribution in [0, 0.1) is 0 Å². The van der Waals surface area contributed by atoms with Crippen LogP contribution in [0.25, 0.3) is 12.2 Å². The molecule has 3 rings (SSSR count). The summed E-state index contributed by atoms with van der Waals surface area (Å²) in [7, 11) is 2.69. The highest BCUT2D eigenvalue weighted by atomic mass is 16.5. The normalized spacial score (nSPS) is 17.1. The van der Waals surface area contributed by atoms with Gasteiger partial charge in [-0.3, -0.25) is 9.69 Å². The minimum atomic E-state index is -0.396. The monoisotopic (exact) mass is 433 g/mol. The Bertz CT molecular complexity index is 981. The lowest BCUT2D eigenvalue weighted by Gasteiger charge is -2.32. The molecule has 6 nitrogen and oxygen atoms in total. The van der Waals surface area contributed by atoms with E-state index in [1.54, 1.807) is 48.5 Å². The van der Waals surface area contributed by atoms with Crippen molar-refractivity contribution >= 4 is 29.9 Å². The van der Waals surface area contributed by atoms with E-state index in [1.165, 1.54) is 14.2 Å². The minimum absolute atomic E-state index is 0.00371. The van der Waals surface area contributed by atoms with Gasteiger partial charge in [0.15, 0.2) is 5.78 Å². The summed E-state index contributed by atoms with van der Waals surface area (Å²) in [5.41, 5.74) is 3.98. The maximum atomic E-state index is 13.2. The highest BCUT2D eigenvalue weighted by Crippen LogP contribution is 2.24. The van der Waals surface area contributed by atoms with E-state index in [9.17, 15) is 14.4 Å². The first kappa shape index (κ1) is 23.2. The molecule has 1 saturated heterocycles. The fourth-order valence-electron chi connectivity index (χ4n) is 3.50. The number of ether oxygens (including phenoxy) is 2. The topological polar surface area (TPSA) is 72.9 Å². The van der Waals surface area contributed by atoms with Gasteiger partial charge in [0, 0.05) is 30.3 Å². The third kappa shape index (κ3) is 5.39. The second-order valence-electron chi connectivity index (χ2n) is 7.89. The van der Waals surface area contributed by atoms with E-state index >= 15 is 0 Å². The molecule has 32 heavy (non-hydrogen) atoms. The summed E-state index contributed by atoms with van der Waals surface area (Å²) in [5.74, 6) is -0.796. The number of carbonyl (C=O) groups is 3. The lowest BCUT2D eigenvalue weighted by molar-refractivity contribution is -0.113. The van der Waals surface area contributed by atoms with Crippen LogP contribution >= 0.6 is 0 Å². The molecule has 6 heteroatoms. The molecule has 0 radical (unpaired) electrons. The minimum Gasteiger partial charge on any atom is -0.465 e. The van der Waals surface area contributed by atoms with E-state index in [2.05, 4.69) is 18.7 Å². The van der Waals surface area contributed by atoms with E-state index in [0.717, 1.165) is 11.1 Å². The number of esters is 2. The van der Waals surface area contributed by atoms with Gasteiger partial charge in [-0.2, -0.15) is 0 Å². The second kappa shape index (κ2) is 10.2. The molecule has 0 unspecified atom stereocenters. The second-order valence-corrected chi connectivity index (χ2v) is 7.89. The molecule has 0 saturated carbocycles. The zero-order chi connectivity index (χ0) is 23.3. The van der Waals surface area contributed by atoms with Crippen molar-refractivity contribution in [2.45, 2.75) is 19.9 Å². The standard InChI is InChI=1S/C26H27NO5/c1-17(2)27-15-22(13-18-5-9-20(10-6-18)25(29)31-3)24(28)23(16-27)14-19-7-11-21(12-8-19)26(30)32-4/h5-14,17H,15-16H2,1-4H3/b22-13+,23-14+. The van der Waals surface area contributed by atoms with Crippen LogP contribution in [0.3, 0.4) is 0 Å². The summed E-state index contributed by atoms with van der Waals surface area (Å²) >= 11 is 0. The number of rotatable bonds is 5. The highest BCUT2D eigenvalue weighted by molar-refractivity contribution is 6.14. The zero-order valence-corrected chi connectivity index (χ0v) is 18.8. The molecule has 0 atom stereocenters. The van der Waals surface area contributed by atoms with E-state index in [1.807, 2.05) is 12.2 Å². The number of nitrogens with zero attached hydrogens (tertiary/aromatic N) is 1. The first-order chi connectivity index (χ1) is 15.3. The van der Waals surface area contributed by atoms with Crippen molar-refractivity contribution in [1.82, 2.24) is 4.90 Å². The Morgan fingerprint density at radius 1 is 0.781 bits per heavy atom. The molecule has 1 aliphatic rings. The van der Waals surface area contributed by atoms with Crippen molar-refractivity contribution < 1.29 is 23.9 Å². The molecule has 1 fully saturated rings. The summed E-state index contributed by atoms with van der Waals surface area (Å²) in [5, 5.41) is 0. The SMILES string of the molecule is COC(=O)c1ccc(/C=C2\CN(C(C)C)C/C(=C\c3ccc(C(=O)OC)cc3)C2=O)cc1. The summed E-state index contributed by atoms with van der Waals surface area (Å²) in [6.45, 7) is 5.30. The van der Waals surface area contributed by atoms with Crippen molar-refractivity contribution in [3.63, 3.8) is 0 Å². The fourth-order valence-corrected chi connectivity index (χ4v) is 3.50. The third-order valence-corrected chi connectivity index (χ3v) is 5.41. The van der Waals surface area contributed by atoms with Crippen molar-refractivity contribution in [3.8, 4) is 0 Å². The fraction of sp³-hybridized carbons (Fsp3) is 0.269. The third-order valence-electron chi connectivity index (χ3n) is 5.41. The van der Waals surface area contributed by atoms with Crippen molar-refractivity contribution in [2.75, 3.05) is 27.3 Å². The van der Waals surface area contributed by atoms with Gasteiger partial charge in [-0.05, 0) is 61.4 Å². The number of piperidine rings is 1. The van der Waals surface area contributed by atoms with Crippen molar-refractivity contribution in [2.24, 2.45) is 0 Å². The van der Waals surface area contributed by atoms with Gasteiger partial charge in [0.25, 0.3) is 0 Å². The molecule has 166 valence electrons. The Morgan fingerprint density at radius 3 is 1.47 bits per heavy atom. The van der Waals surface area contributed by atoms with Gasteiger partial charge >= 0.3 is 11.9 Å². The van der Waals surface area contributed by atoms with Crippen LogP contribution in [-0.2, 0) is 14.3 Å². The number of hydrogen-bond acceptors (Lipinski definition) is 6. The number of ketones is 1. The van der Waals surface area contributed by atoms with Gasteiger partial charge in [0.1, 0.15) is 0 Å². The van der Waals surface area contributed by atoms with Crippen LogP contribution in [-0.4, -0.2) is 56.0 Å². The van der Waals surface area contributed by atoms with Gasteiger partial charge in [-0.15, -0.1) is 0 Å². The smallest absolute Gasteiger partial charge is 0.337 e. The Kier molecular flexibility index (Phi) is 7.38. The van der Waals surface area contributed by atoms with E-state index in [0.29, 0.717) is 35.4 Å². The zero-order valence-electron chi connectivity index (χ0n) is 18.8. The predicted molar refractivity (Wildman–Crippen MR) is 123 cm³/mol. The molecule has 0 bridgehead atoms. The highest BCUT2D eigenvalue weighted by Gasteiger charge is 2.27. The number of carbonyl (C=O) groups excluding carboxylic acids is 3. The summed E-state index contributed by atoms with van der Waals surface area (Å²) in [6, 6.07) is 14.2. The van der Waals surface area contributed by atoms with Crippen LogP contribution in [0.5, 0.6) is 0 Å². The largest absolute Gasteiger partial charge is 0.465 e. The van der Waals surface area contributed by atoms with Gasteiger partial charge in [-0.1, -0.05) is 24.3 Å². The Labute approximate surface area is 188 Å².